The third-order valence-electron chi connectivity index (χ3n) is 9.84. The maximum atomic E-state index is 14.4. The third-order valence-corrected chi connectivity index (χ3v) is 10.2. The van der Waals surface area contributed by atoms with Gasteiger partial charge in [-0.15, -0.1) is 0 Å². The Balaban J connectivity index is 1.21. The van der Waals surface area contributed by atoms with Gasteiger partial charge in [0.05, 0.1) is 35.4 Å². The minimum Gasteiger partial charge on any atom is -0.496 e. The van der Waals surface area contributed by atoms with Gasteiger partial charge in [0.2, 0.25) is 0 Å². The lowest BCUT2D eigenvalue weighted by atomic mass is 9.94. The average Bonchev–Trinajstić information content (AvgIpc) is 3.77. The first-order valence-electron chi connectivity index (χ1n) is 17.3. The third kappa shape index (κ3) is 8.90. The highest BCUT2D eigenvalue weighted by atomic mass is 35.5. The number of anilines is 1. The number of β-amino-alcohol motifs (C(OH)–C–C–N with tert-alkyl or cyclic N) is 1. The standard InChI is InChI=1S/C40H40ClF3N4O5/c1-24-26(10-11-27-18-36(53-2)29(17-33(27)40(42,43)44)22-48-15-13-28(21-48)39(51)52)5-3-6-31(24)32-7-4-8-34(37(32)41)46-38(50)35-12-9-25(19-45-35)20-47-16-14-30(49)23-47/h3-12,17-19,28,30,49H,13-16,20-23H2,1-2H3,(H,46,50)(H,51,52)/b11-10+/t28-,30-/m1/s1. The second kappa shape index (κ2) is 16.1. The predicted octanol–water partition coefficient (Wildman–Crippen LogP) is 7.63. The van der Waals surface area contributed by atoms with E-state index in [2.05, 4.69) is 15.2 Å². The number of methoxy groups -OCH3 is 1. The van der Waals surface area contributed by atoms with Crippen LogP contribution in [0, 0.1) is 12.8 Å². The van der Waals surface area contributed by atoms with Crippen molar-refractivity contribution in [2.45, 2.75) is 45.1 Å². The predicted molar refractivity (Wildman–Crippen MR) is 198 cm³/mol. The molecular weight excluding hydrogens is 709 g/mol. The highest BCUT2D eigenvalue weighted by Gasteiger charge is 2.35. The smallest absolute Gasteiger partial charge is 0.417 e. The quantitative estimate of drug-likeness (QED) is 0.134. The Morgan fingerprint density at radius 1 is 0.981 bits per heavy atom. The molecule has 1 amide bonds. The summed E-state index contributed by atoms with van der Waals surface area (Å²) in [5.74, 6) is -1.62. The first-order valence-corrected chi connectivity index (χ1v) is 17.6. The van der Waals surface area contributed by atoms with Gasteiger partial charge in [0, 0.05) is 50.0 Å². The molecule has 9 nitrogen and oxygen atoms in total. The lowest BCUT2D eigenvalue weighted by Gasteiger charge is -2.20. The van der Waals surface area contributed by atoms with Crippen LogP contribution < -0.4 is 10.1 Å². The molecule has 0 spiro atoms. The summed E-state index contributed by atoms with van der Waals surface area (Å²) >= 11 is 6.86. The van der Waals surface area contributed by atoms with Crippen LogP contribution in [-0.2, 0) is 24.1 Å². The number of carboxylic acid groups (broad SMARTS) is 1. The van der Waals surface area contributed by atoms with E-state index in [9.17, 15) is 33.0 Å². The lowest BCUT2D eigenvalue weighted by Crippen LogP contribution is -2.23. The van der Waals surface area contributed by atoms with Crippen LogP contribution in [-0.4, -0.2) is 76.3 Å². The second-order valence-corrected chi connectivity index (χ2v) is 13.9. The van der Waals surface area contributed by atoms with E-state index < -0.39 is 29.5 Å². The van der Waals surface area contributed by atoms with Crippen molar-refractivity contribution in [1.29, 1.82) is 0 Å². The number of carbonyl (C=O) groups excluding carboxylic acids is 1. The SMILES string of the molecule is COc1cc(/C=C/c2cccc(-c3cccc(NC(=O)c4ccc(CN5CC[C@@H](O)C5)cn4)c3Cl)c2C)c(C(F)(F)F)cc1CN1CC[C@@H](C(=O)O)C1. The number of hydrogen-bond donors (Lipinski definition) is 3. The van der Waals surface area contributed by atoms with Crippen molar-refractivity contribution in [2.75, 3.05) is 38.6 Å². The number of aliphatic hydroxyl groups is 1. The van der Waals surface area contributed by atoms with Crippen LogP contribution in [0.3, 0.4) is 0 Å². The van der Waals surface area contributed by atoms with Gasteiger partial charge < -0.3 is 20.3 Å². The Labute approximate surface area is 310 Å². The Morgan fingerprint density at radius 3 is 2.36 bits per heavy atom. The lowest BCUT2D eigenvalue weighted by molar-refractivity contribution is -0.141. The molecule has 2 saturated heterocycles. The van der Waals surface area contributed by atoms with Crippen molar-refractivity contribution in [3.63, 3.8) is 0 Å². The number of likely N-dealkylation sites (tertiary alicyclic amines) is 2. The summed E-state index contributed by atoms with van der Waals surface area (Å²) in [5, 5.41) is 22.3. The first kappa shape index (κ1) is 38.0. The van der Waals surface area contributed by atoms with Crippen LogP contribution in [0.5, 0.6) is 5.75 Å². The number of aliphatic carboxylic acids is 1. The minimum atomic E-state index is -4.65. The molecule has 53 heavy (non-hydrogen) atoms. The van der Waals surface area contributed by atoms with Gasteiger partial charge in [0.15, 0.2) is 0 Å². The van der Waals surface area contributed by atoms with Crippen molar-refractivity contribution >= 4 is 41.3 Å². The largest absolute Gasteiger partial charge is 0.496 e. The van der Waals surface area contributed by atoms with Crippen molar-refractivity contribution in [3.8, 4) is 16.9 Å². The molecular formula is C40H40ClF3N4O5. The fraction of sp³-hybridized carbons (Fsp3) is 0.325. The van der Waals surface area contributed by atoms with Gasteiger partial charge in [-0.25, -0.2) is 0 Å². The van der Waals surface area contributed by atoms with Crippen LogP contribution in [0.2, 0.25) is 5.02 Å². The number of pyridine rings is 1. The molecule has 0 aliphatic carbocycles. The number of nitrogens with zero attached hydrogens (tertiary/aromatic N) is 3. The molecule has 0 radical (unpaired) electrons. The second-order valence-electron chi connectivity index (χ2n) is 13.5. The molecule has 3 aromatic carbocycles. The molecule has 0 saturated carbocycles. The molecule has 13 heteroatoms. The van der Waals surface area contributed by atoms with Crippen LogP contribution in [0.1, 0.15) is 56.7 Å². The molecule has 3 heterocycles. The monoisotopic (exact) mass is 748 g/mol. The number of rotatable bonds is 11. The van der Waals surface area contributed by atoms with Gasteiger partial charge in [-0.3, -0.25) is 24.4 Å². The Kier molecular flexibility index (Phi) is 11.5. The highest BCUT2D eigenvalue weighted by molar-refractivity contribution is 6.36. The van der Waals surface area contributed by atoms with E-state index in [1.54, 1.807) is 48.7 Å². The summed E-state index contributed by atoms with van der Waals surface area (Å²) in [5.41, 5.74) is 3.73. The number of hydrogen-bond acceptors (Lipinski definition) is 7. The molecule has 4 aromatic rings. The van der Waals surface area contributed by atoms with Gasteiger partial charge in [0.25, 0.3) is 5.91 Å². The summed E-state index contributed by atoms with van der Waals surface area (Å²) in [7, 11) is 1.40. The molecule has 278 valence electrons. The van der Waals surface area contributed by atoms with Crippen LogP contribution in [0.4, 0.5) is 18.9 Å². The molecule has 6 rings (SSSR count). The normalized spacial score (nSPS) is 18.2. The maximum absolute atomic E-state index is 14.4. The summed E-state index contributed by atoms with van der Waals surface area (Å²) in [6.07, 6.45) is 0.867. The number of carbonyl (C=O) groups is 2. The summed E-state index contributed by atoms with van der Waals surface area (Å²) in [6, 6.07) is 16.6. The van der Waals surface area contributed by atoms with Gasteiger partial charge in [-0.1, -0.05) is 60.2 Å². The molecule has 2 fully saturated rings. The number of amides is 1. The van der Waals surface area contributed by atoms with Crippen molar-refractivity contribution < 1.29 is 37.7 Å². The van der Waals surface area contributed by atoms with Gasteiger partial charge in [0.1, 0.15) is 11.4 Å². The minimum absolute atomic E-state index is 0.0769. The van der Waals surface area contributed by atoms with Crippen molar-refractivity contribution in [2.24, 2.45) is 5.92 Å². The van der Waals surface area contributed by atoms with Gasteiger partial charge in [-0.2, -0.15) is 13.2 Å². The molecule has 2 aliphatic rings. The topological polar surface area (TPSA) is 115 Å². The summed E-state index contributed by atoms with van der Waals surface area (Å²) < 4.78 is 48.7. The number of aromatic nitrogens is 1. The number of carboxylic acids is 1. The molecule has 3 N–H and O–H groups in total. The fourth-order valence-electron chi connectivity index (χ4n) is 6.95. The number of benzene rings is 3. The number of ether oxygens (including phenoxy) is 1. The number of alkyl halides is 3. The summed E-state index contributed by atoms with van der Waals surface area (Å²) in [6.45, 7) is 4.75. The summed E-state index contributed by atoms with van der Waals surface area (Å²) in [4.78, 5) is 32.8. The zero-order valence-corrected chi connectivity index (χ0v) is 30.0. The van der Waals surface area contributed by atoms with Crippen LogP contribution in [0.15, 0.2) is 66.9 Å². The maximum Gasteiger partial charge on any atom is 0.417 e. The Bertz CT molecular complexity index is 2020. The van der Waals surface area contributed by atoms with Crippen LogP contribution >= 0.6 is 11.6 Å². The van der Waals surface area contributed by atoms with E-state index in [-0.39, 0.29) is 36.2 Å². The highest BCUT2D eigenvalue weighted by Crippen LogP contribution is 2.39. The molecule has 0 bridgehead atoms. The number of nitrogens with one attached hydrogen (secondary N) is 1. The fourth-order valence-corrected chi connectivity index (χ4v) is 7.23. The molecule has 1 aromatic heterocycles. The molecule has 2 aliphatic heterocycles. The van der Waals surface area contributed by atoms with E-state index in [1.807, 2.05) is 24.0 Å². The Morgan fingerprint density at radius 2 is 1.70 bits per heavy atom. The van der Waals surface area contributed by atoms with E-state index in [4.69, 9.17) is 16.3 Å². The average molecular weight is 749 g/mol. The van der Waals surface area contributed by atoms with Crippen molar-refractivity contribution in [3.05, 3.63) is 111 Å². The molecule has 0 unspecified atom stereocenters. The van der Waals surface area contributed by atoms with E-state index in [0.29, 0.717) is 53.5 Å². The first-order chi connectivity index (χ1) is 25.3. The zero-order chi connectivity index (χ0) is 37.9. The Hall–Kier alpha value is -4.75. The van der Waals surface area contributed by atoms with Crippen molar-refractivity contribution in [1.82, 2.24) is 14.8 Å². The van der Waals surface area contributed by atoms with E-state index >= 15 is 0 Å². The number of halogens is 4. The van der Waals surface area contributed by atoms with Gasteiger partial charge in [-0.05, 0) is 78.4 Å². The van der Waals surface area contributed by atoms with E-state index in [1.165, 1.54) is 19.3 Å². The van der Waals surface area contributed by atoms with Gasteiger partial charge >= 0.3 is 12.1 Å². The van der Waals surface area contributed by atoms with Crippen LogP contribution in [0.25, 0.3) is 23.3 Å². The zero-order valence-electron chi connectivity index (χ0n) is 29.3. The number of aliphatic hydroxyl groups excluding tert-OH is 1. The molecule has 2 atom stereocenters. The van der Waals surface area contributed by atoms with E-state index in [0.717, 1.165) is 35.7 Å².